The van der Waals surface area contributed by atoms with Crippen LogP contribution in [0.25, 0.3) is 22.2 Å². The molecule has 0 aliphatic heterocycles. The van der Waals surface area contributed by atoms with Crippen LogP contribution in [-0.4, -0.2) is 11.1 Å². The van der Waals surface area contributed by atoms with E-state index >= 15 is 0 Å². The van der Waals surface area contributed by atoms with Crippen molar-refractivity contribution in [1.82, 2.24) is 10.5 Å². The van der Waals surface area contributed by atoms with E-state index in [0.717, 1.165) is 22.9 Å². The molecule has 28 heavy (non-hydrogen) atoms. The van der Waals surface area contributed by atoms with Crippen molar-refractivity contribution >= 4 is 28.5 Å². The predicted molar refractivity (Wildman–Crippen MR) is 108 cm³/mol. The van der Waals surface area contributed by atoms with Gasteiger partial charge in [-0.2, -0.15) is 0 Å². The number of halogens is 1. The summed E-state index contributed by atoms with van der Waals surface area (Å²) < 4.78 is 11.1. The average molecular weight is 395 g/mol. The Kier molecular flexibility index (Phi) is 4.92. The van der Waals surface area contributed by atoms with Crippen LogP contribution in [0.4, 0.5) is 0 Å². The second kappa shape index (κ2) is 7.52. The molecule has 4 rings (SSSR count). The minimum Gasteiger partial charge on any atom is -0.451 e. The quantitative estimate of drug-likeness (QED) is 0.482. The van der Waals surface area contributed by atoms with Gasteiger partial charge in [-0.05, 0) is 43.2 Å². The first kappa shape index (κ1) is 18.3. The fraction of sp³-hybridized carbons (Fsp3) is 0.182. The Morgan fingerprint density at radius 1 is 1.14 bits per heavy atom. The van der Waals surface area contributed by atoms with Crippen LogP contribution in [0.2, 0.25) is 5.02 Å². The normalized spacial score (nSPS) is 11.1. The first-order valence-corrected chi connectivity index (χ1v) is 9.44. The number of fused-ring (bicyclic) bond motifs is 1. The van der Waals surface area contributed by atoms with Crippen LogP contribution in [-0.2, 0) is 13.0 Å². The maximum Gasteiger partial charge on any atom is 0.287 e. The zero-order valence-electron chi connectivity index (χ0n) is 15.6. The van der Waals surface area contributed by atoms with Gasteiger partial charge in [0.15, 0.2) is 11.5 Å². The highest BCUT2D eigenvalue weighted by Gasteiger charge is 2.18. The lowest BCUT2D eigenvalue weighted by Gasteiger charge is -2.00. The molecule has 0 fully saturated rings. The number of benzene rings is 2. The number of carbonyl (C=O) groups is 1. The lowest BCUT2D eigenvalue weighted by molar-refractivity contribution is 0.0920. The molecule has 142 valence electrons. The molecule has 4 aromatic rings. The zero-order chi connectivity index (χ0) is 19.7. The molecule has 5 nitrogen and oxygen atoms in total. The van der Waals surface area contributed by atoms with Crippen molar-refractivity contribution in [3.05, 3.63) is 76.2 Å². The summed E-state index contributed by atoms with van der Waals surface area (Å²) in [6.07, 6.45) is 0.934. The molecule has 0 radical (unpaired) electrons. The Morgan fingerprint density at radius 3 is 2.68 bits per heavy atom. The van der Waals surface area contributed by atoms with Gasteiger partial charge in [-0.3, -0.25) is 4.79 Å². The molecular weight excluding hydrogens is 376 g/mol. The fourth-order valence-electron chi connectivity index (χ4n) is 3.11. The molecule has 0 atom stereocenters. The Morgan fingerprint density at radius 2 is 1.93 bits per heavy atom. The van der Waals surface area contributed by atoms with Crippen LogP contribution < -0.4 is 5.32 Å². The first-order chi connectivity index (χ1) is 13.5. The van der Waals surface area contributed by atoms with Crippen LogP contribution >= 0.6 is 11.6 Å². The number of aryl methyl sites for hydroxylation is 2. The molecule has 2 aromatic heterocycles. The standard InChI is InChI=1S/C22H19ClN2O3/c1-3-14-4-9-20-18(10-14)13(2)21(27-20)22(26)24-12-17-11-19(25-28-17)15-5-7-16(23)8-6-15/h4-11H,3,12H2,1-2H3,(H,24,26). The van der Waals surface area contributed by atoms with Gasteiger partial charge in [0.25, 0.3) is 5.91 Å². The van der Waals surface area contributed by atoms with Crippen LogP contribution in [0, 0.1) is 6.92 Å². The van der Waals surface area contributed by atoms with Crippen LogP contribution in [0.3, 0.4) is 0 Å². The topological polar surface area (TPSA) is 68.3 Å². The van der Waals surface area contributed by atoms with Crippen molar-refractivity contribution in [2.75, 3.05) is 0 Å². The third-order valence-corrected chi connectivity index (χ3v) is 4.99. The second-order valence-corrected chi connectivity index (χ2v) is 7.04. The van der Waals surface area contributed by atoms with Crippen LogP contribution in [0.5, 0.6) is 0 Å². The van der Waals surface area contributed by atoms with Crippen LogP contribution in [0.1, 0.15) is 34.4 Å². The Hall–Kier alpha value is -3.05. The van der Waals surface area contributed by atoms with E-state index in [0.29, 0.717) is 27.8 Å². The number of rotatable bonds is 5. The lowest BCUT2D eigenvalue weighted by Crippen LogP contribution is -2.22. The summed E-state index contributed by atoms with van der Waals surface area (Å²) in [7, 11) is 0. The smallest absolute Gasteiger partial charge is 0.287 e. The number of nitrogens with zero attached hydrogens (tertiary/aromatic N) is 1. The number of carbonyl (C=O) groups excluding carboxylic acids is 1. The number of hydrogen-bond donors (Lipinski definition) is 1. The van der Waals surface area contributed by atoms with E-state index in [-0.39, 0.29) is 12.5 Å². The number of nitrogens with one attached hydrogen (secondary N) is 1. The zero-order valence-corrected chi connectivity index (χ0v) is 16.3. The highest BCUT2D eigenvalue weighted by atomic mass is 35.5. The van der Waals surface area contributed by atoms with E-state index in [1.807, 2.05) is 31.2 Å². The number of aromatic nitrogens is 1. The van der Waals surface area contributed by atoms with E-state index in [1.54, 1.807) is 18.2 Å². The van der Waals surface area contributed by atoms with Crippen LogP contribution in [0.15, 0.2) is 57.5 Å². The van der Waals surface area contributed by atoms with Gasteiger partial charge in [-0.15, -0.1) is 0 Å². The van der Waals surface area contributed by atoms with Crippen molar-refractivity contribution in [3.8, 4) is 11.3 Å². The van der Waals surface area contributed by atoms with Gasteiger partial charge in [-0.25, -0.2) is 0 Å². The Labute approximate surface area is 167 Å². The number of furan rings is 1. The molecular formula is C22H19ClN2O3. The van der Waals surface area contributed by atoms with Gasteiger partial charge in [-0.1, -0.05) is 41.9 Å². The van der Waals surface area contributed by atoms with Gasteiger partial charge in [0.05, 0.1) is 6.54 Å². The second-order valence-electron chi connectivity index (χ2n) is 6.61. The number of amides is 1. The molecule has 6 heteroatoms. The van der Waals surface area contributed by atoms with Crippen molar-refractivity contribution in [1.29, 1.82) is 0 Å². The highest BCUT2D eigenvalue weighted by Crippen LogP contribution is 2.27. The summed E-state index contributed by atoms with van der Waals surface area (Å²) in [6, 6.07) is 15.1. The SMILES string of the molecule is CCc1ccc2oc(C(=O)NCc3cc(-c4ccc(Cl)cc4)no3)c(C)c2c1. The third kappa shape index (κ3) is 3.53. The van der Waals surface area contributed by atoms with Crippen molar-refractivity contribution in [3.63, 3.8) is 0 Å². The van der Waals surface area contributed by atoms with Gasteiger partial charge >= 0.3 is 0 Å². The maximum absolute atomic E-state index is 12.6. The summed E-state index contributed by atoms with van der Waals surface area (Å²) in [5.74, 6) is 0.595. The minimum absolute atomic E-state index is 0.218. The first-order valence-electron chi connectivity index (χ1n) is 9.07. The lowest BCUT2D eigenvalue weighted by atomic mass is 10.1. The molecule has 1 N–H and O–H groups in total. The number of hydrogen-bond acceptors (Lipinski definition) is 4. The molecule has 1 amide bonds. The third-order valence-electron chi connectivity index (χ3n) is 4.74. The molecule has 0 aliphatic rings. The molecule has 2 heterocycles. The van der Waals surface area contributed by atoms with E-state index in [4.69, 9.17) is 20.5 Å². The van der Waals surface area contributed by atoms with Crippen molar-refractivity contribution in [2.45, 2.75) is 26.8 Å². The largest absolute Gasteiger partial charge is 0.451 e. The molecule has 2 aromatic carbocycles. The highest BCUT2D eigenvalue weighted by molar-refractivity contribution is 6.30. The summed E-state index contributed by atoms with van der Waals surface area (Å²) in [5.41, 5.74) is 4.34. The summed E-state index contributed by atoms with van der Waals surface area (Å²) >= 11 is 5.91. The summed E-state index contributed by atoms with van der Waals surface area (Å²) in [6.45, 7) is 4.21. The van der Waals surface area contributed by atoms with Gasteiger partial charge in [0.1, 0.15) is 11.3 Å². The van der Waals surface area contributed by atoms with Crippen molar-refractivity contribution in [2.24, 2.45) is 0 Å². The van der Waals surface area contributed by atoms with E-state index < -0.39 is 0 Å². The summed E-state index contributed by atoms with van der Waals surface area (Å²) in [5, 5.41) is 8.50. The molecule has 0 saturated carbocycles. The minimum atomic E-state index is -0.281. The Bertz CT molecular complexity index is 1140. The monoisotopic (exact) mass is 394 g/mol. The van der Waals surface area contributed by atoms with Gasteiger partial charge < -0.3 is 14.3 Å². The predicted octanol–water partition coefficient (Wildman–Crippen LogP) is 5.54. The molecule has 0 spiro atoms. The molecule has 0 aliphatic carbocycles. The average Bonchev–Trinajstić information content (AvgIpc) is 3.31. The van der Waals surface area contributed by atoms with E-state index in [1.165, 1.54) is 5.56 Å². The maximum atomic E-state index is 12.6. The Balaban J connectivity index is 1.48. The van der Waals surface area contributed by atoms with Gasteiger partial charge in [0, 0.05) is 27.6 Å². The molecule has 0 unspecified atom stereocenters. The van der Waals surface area contributed by atoms with Gasteiger partial charge in [0.2, 0.25) is 0 Å². The summed E-state index contributed by atoms with van der Waals surface area (Å²) in [4.78, 5) is 12.6. The fourth-order valence-corrected chi connectivity index (χ4v) is 3.23. The molecule has 0 bridgehead atoms. The van der Waals surface area contributed by atoms with E-state index in [2.05, 4.69) is 23.5 Å². The van der Waals surface area contributed by atoms with Crippen molar-refractivity contribution < 1.29 is 13.7 Å². The van der Waals surface area contributed by atoms with E-state index in [9.17, 15) is 4.79 Å². The molecule has 0 saturated heterocycles.